The van der Waals surface area contributed by atoms with Gasteiger partial charge in [0.05, 0.1) is 15.9 Å². The number of carbonyl (C=O) groups is 1. The Morgan fingerprint density at radius 1 is 1.09 bits per heavy atom. The summed E-state index contributed by atoms with van der Waals surface area (Å²) in [6.45, 7) is 8.09. The molecule has 1 amide bonds. The highest BCUT2D eigenvalue weighted by Crippen LogP contribution is 2.26. The molecular weight excluding hydrogens is 448 g/mol. The number of benzene rings is 2. The van der Waals surface area contributed by atoms with Crippen molar-refractivity contribution in [2.45, 2.75) is 70.7 Å². The van der Waals surface area contributed by atoms with Crippen molar-refractivity contribution in [2.24, 2.45) is 0 Å². The van der Waals surface area contributed by atoms with Gasteiger partial charge in [0.2, 0.25) is 15.9 Å². The van der Waals surface area contributed by atoms with Gasteiger partial charge in [0.25, 0.3) is 0 Å². The first-order valence-corrected chi connectivity index (χ1v) is 13.6. The topological polar surface area (TPSA) is 84.3 Å². The van der Waals surface area contributed by atoms with E-state index < -0.39 is 10.0 Å². The molecule has 1 N–H and O–H groups in total. The fraction of sp³-hybridized carbons (Fsp3) is 0.462. The molecule has 7 nitrogen and oxygen atoms in total. The van der Waals surface area contributed by atoms with Crippen molar-refractivity contribution in [3.63, 3.8) is 0 Å². The summed E-state index contributed by atoms with van der Waals surface area (Å²) >= 11 is 0. The van der Waals surface area contributed by atoms with Crippen molar-refractivity contribution in [3.8, 4) is 0 Å². The zero-order valence-electron chi connectivity index (χ0n) is 20.3. The third-order valence-corrected chi connectivity index (χ3v) is 8.36. The van der Waals surface area contributed by atoms with E-state index in [0.29, 0.717) is 36.3 Å². The molecule has 0 bridgehead atoms. The number of carbonyl (C=O) groups excluding carboxylic acids is 1. The Balaban J connectivity index is 1.56. The molecule has 4 rings (SSSR count). The average molecular weight is 483 g/mol. The normalized spacial score (nSPS) is 14.7. The molecule has 0 unspecified atom stereocenters. The van der Waals surface area contributed by atoms with E-state index in [9.17, 15) is 13.2 Å². The number of imidazole rings is 1. The Morgan fingerprint density at radius 2 is 1.85 bits per heavy atom. The SMILES string of the molecule is CCCCn1c(CCC(=O)Nc2ccc(C)cc2C)nc2cc(S(=O)(=O)N3CCCC3)ccc21. The minimum Gasteiger partial charge on any atom is -0.328 e. The van der Waals surface area contributed by atoms with Crippen LogP contribution in [-0.4, -0.2) is 41.3 Å². The molecule has 3 aromatic rings. The van der Waals surface area contributed by atoms with Crippen LogP contribution < -0.4 is 5.32 Å². The second-order valence-corrected chi connectivity index (χ2v) is 11.1. The molecule has 0 saturated carbocycles. The van der Waals surface area contributed by atoms with Crippen LogP contribution in [0.3, 0.4) is 0 Å². The molecular formula is C26H34N4O3S. The monoisotopic (exact) mass is 482 g/mol. The zero-order valence-corrected chi connectivity index (χ0v) is 21.1. The first-order valence-electron chi connectivity index (χ1n) is 12.2. The minimum atomic E-state index is -3.50. The number of amides is 1. The molecule has 1 saturated heterocycles. The molecule has 0 spiro atoms. The van der Waals surface area contributed by atoms with Gasteiger partial charge in [-0.25, -0.2) is 13.4 Å². The van der Waals surface area contributed by atoms with E-state index in [2.05, 4.69) is 16.8 Å². The lowest BCUT2D eigenvalue weighted by Crippen LogP contribution is -2.27. The summed E-state index contributed by atoms with van der Waals surface area (Å²) in [5, 5.41) is 3.00. The number of unbranched alkanes of at least 4 members (excludes halogenated alkanes) is 1. The number of aryl methyl sites for hydroxylation is 4. The molecule has 2 heterocycles. The minimum absolute atomic E-state index is 0.0571. The number of hydrogen-bond acceptors (Lipinski definition) is 4. The molecule has 8 heteroatoms. The van der Waals surface area contributed by atoms with Gasteiger partial charge in [-0.1, -0.05) is 31.0 Å². The predicted molar refractivity (Wildman–Crippen MR) is 136 cm³/mol. The van der Waals surface area contributed by atoms with Crippen LogP contribution in [0.2, 0.25) is 0 Å². The number of nitrogens with one attached hydrogen (secondary N) is 1. The summed E-state index contributed by atoms with van der Waals surface area (Å²) in [4.78, 5) is 17.7. The second kappa shape index (κ2) is 10.3. The lowest BCUT2D eigenvalue weighted by molar-refractivity contribution is -0.116. The fourth-order valence-corrected chi connectivity index (χ4v) is 6.08. The van der Waals surface area contributed by atoms with Gasteiger partial charge in [-0.05, 0) is 62.9 Å². The van der Waals surface area contributed by atoms with E-state index in [1.165, 1.54) is 0 Å². The zero-order chi connectivity index (χ0) is 24.3. The Labute approximate surface area is 202 Å². The fourth-order valence-electron chi connectivity index (χ4n) is 4.55. The van der Waals surface area contributed by atoms with Gasteiger partial charge in [-0.3, -0.25) is 4.79 Å². The third-order valence-electron chi connectivity index (χ3n) is 6.47. The van der Waals surface area contributed by atoms with E-state index in [-0.39, 0.29) is 5.91 Å². The molecule has 1 fully saturated rings. The van der Waals surface area contributed by atoms with Crippen molar-refractivity contribution in [2.75, 3.05) is 18.4 Å². The molecule has 182 valence electrons. The summed E-state index contributed by atoms with van der Waals surface area (Å²) in [5.74, 6) is 0.758. The van der Waals surface area contributed by atoms with Gasteiger partial charge in [0, 0.05) is 38.2 Å². The van der Waals surface area contributed by atoms with E-state index in [4.69, 9.17) is 4.98 Å². The largest absolute Gasteiger partial charge is 0.328 e. The van der Waals surface area contributed by atoms with Crippen LogP contribution in [0, 0.1) is 13.8 Å². The standard InChI is InChI=1S/C26H34N4O3S/c1-4-5-16-30-24-11-9-21(34(32,33)29-14-6-7-15-29)18-23(24)27-25(30)12-13-26(31)28-22-10-8-19(2)17-20(22)3/h8-11,17-18H,4-7,12-16H2,1-3H3,(H,28,31). The number of hydrogen-bond donors (Lipinski definition) is 1. The van der Waals surface area contributed by atoms with Crippen LogP contribution in [0.5, 0.6) is 0 Å². The Bertz CT molecular complexity index is 1290. The van der Waals surface area contributed by atoms with E-state index in [1.54, 1.807) is 16.4 Å². The summed E-state index contributed by atoms with van der Waals surface area (Å²) in [6, 6.07) is 11.2. The van der Waals surface area contributed by atoms with E-state index in [1.807, 2.05) is 38.1 Å². The van der Waals surface area contributed by atoms with Crippen LogP contribution in [0.4, 0.5) is 5.69 Å². The number of aromatic nitrogens is 2. The van der Waals surface area contributed by atoms with Gasteiger partial charge >= 0.3 is 0 Å². The lowest BCUT2D eigenvalue weighted by Gasteiger charge is -2.15. The molecule has 0 atom stereocenters. The van der Waals surface area contributed by atoms with E-state index in [0.717, 1.165) is 60.4 Å². The van der Waals surface area contributed by atoms with Crippen LogP contribution in [-0.2, 0) is 27.8 Å². The van der Waals surface area contributed by atoms with Crippen molar-refractivity contribution in [1.82, 2.24) is 13.9 Å². The maximum absolute atomic E-state index is 13.0. The Hall–Kier alpha value is -2.71. The number of rotatable bonds is 9. The highest BCUT2D eigenvalue weighted by molar-refractivity contribution is 7.89. The van der Waals surface area contributed by atoms with Crippen LogP contribution in [0.25, 0.3) is 11.0 Å². The first-order chi connectivity index (χ1) is 16.3. The third kappa shape index (κ3) is 5.18. The summed E-state index contributed by atoms with van der Waals surface area (Å²) < 4.78 is 29.7. The summed E-state index contributed by atoms with van der Waals surface area (Å²) in [7, 11) is -3.50. The smallest absolute Gasteiger partial charge is 0.243 e. The number of sulfonamides is 1. The first kappa shape index (κ1) is 24.4. The Kier molecular flexibility index (Phi) is 7.38. The van der Waals surface area contributed by atoms with Gasteiger partial charge in [-0.2, -0.15) is 4.31 Å². The molecule has 0 aliphatic carbocycles. The number of fused-ring (bicyclic) bond motifs is 1. The van der Waals surface area contributed by atoms with Gasteiger partial charge in [-0.15, -0.1) is 0 Å². The lowest BCUT2D eigenvalue weighted by atomic mass is 10.1. The second-order valence-electron chi connectivity index (χ2n) is 9.16. The summed E-state index contributed by atoms with van der Waals surface area (Å²) in [5.41, 5.74) is 4.60. The molecule has 1 aliphatic heterocycles. The molecule has 34 heavy (non-hydrogen) atoms. The van der Waals surface area contributed by atoms with Crippen molar-refractivity contribution < 1.29 is 13.2 Å². The van der Waals surface area contributed by atoms with Crippen LogP contribution >= 0.6 is 0 Å². The van der Waals surface area contributed by atoms with Gasteiger partial charge < -0.3 is 9.88 Å². The molecule has 1 aromatic heterocycles. The van der Waals surface area contributed by atoms with E-state index >= 15 is 0 Å². The molecule has 1 aliphatic rings. The Morgan fingerprint density at radius 3 is 2.56 bits per heavy atom. The quantitative estimate of drug-likeness (QED) is 0.474. The van der Waals surface area contributed by atoms with Gasteiger partial charge in [0.15, 0.2) is 0 Å². The highest BCUT2D eigenvalue weighted by Gasteiger charge is 2.28. The maximum Gasteiger partial charge on any atom is 0.243 e. The van der Waals surface area contributed by atoms with Crippen molar-refractivity contribution >= 4 is 32.7 Å². The molecule has 2 aromatic carbocycles. The maximum atomic E-state index is 13.0. The summed E-state index contributed by atoms with van der Waals surface area (Å²) in [6.07, 6.45) is 4.63. The van der Waals surface area contributed by atoms with Gasteiger partial charge in [0.1, 0.15) is 5.82 Å². The average Bonchev–Trinajstić information content (AvgIpc) is 3.46. The molecule has 0 radical (unpaired) electrons. The van der Waals surface area contributed by atoms with Crippen LogP contribution in [0.15, 0.2) is 41.3 Å². The van der Waals surface area contributed by atoms with Crippen LogP contribution in [0.1, 0.15) is 56.0 Å². The van der Waals surface area contributed by atoms with Crippen molar-refractivity contribution in [3.05, 3.63) is 53.3 Å². The predicted octanol–water partition coefficient (Wildman–Crippen LogP) is 4.81. The number of anilines is 1. The van der Waals surface area contributed by atoms with Crippen molar-refractivity contribution in [1.29, 1.82) is 0 Å². The highest BCUT2D eigenvalue weighted by atomic mass is 32.2. The number of nitrogens with zero attached hydrogens (tertiary/aromatic N) is 3.